The number of ether oxygens (including phenoxy) is 1. The molecular weight excluding hydrogens is 336 g/mol. The third-order valence-electron chi connectivity index (χ3n) is 4.12. The molecule has 0 saturated carbocycles. The van der Waals surface area contributed by atoms with E-state index in [-0.39, 0.29) is 17.7 Å². The maximum Gasteiger partial charge on any atom is 0.310 e. The standard InChI is InChI=1S/C19H16N2O3S/c1-23-14-6-2-5-13(11-14)15-12-16(18-8-4-10-25-18)21(20-15)19(22)17-7-3-9-24-17/h2-11,16H,12H2,1H3/t16-/m0/s1. The molecule has 1 atom stereocenters. The topological polar surface area (TPSA) is 55.0 Å². The molecule has 1 amide bonds. The second kappa shape index (κ2) is 6.57. The molecule has 0 radical (unpaired) electrons. The lowest BCUT2D eigenvalue weighted by atomic mass is 10.0. The van der Waals surface area contributed by atoms with Crippen molar-refractivity contribution in [3.05, 3.63) is 76.4 Å². The van der Waals surface area contributed by atoms with Crippen LogP contribution in [0.3, 0.4) is 0 Å². The maximum atomic E-state index is 12.8. The molecule has 1 aliphatic heterocycles. The van der Waals surface area contributed by atoms with Crippen LogP contribution in [0.2, 0.25) is 0 Å². The number of rotatable bonds is 4. The Morgan fingerprint density at radius 3 is 2.92 bits per heavy atom. The summed E-state index contributed by atoms with van der Waals surface area (Å²) in [6, 6.07) is 15.0. The highest BCUT2D eigenvalue weighted by atomic mass is 32.1. The molecule has 0 spiro atoms. The molecule has 2 aromatic heterocycles. The predicted molar refractivity (Wildman–Crippen MR) is 96.1 cm³/mol. The molecule has 1 aliphatic rings. The van der Waals surface area contributed by atoms with Crippen molar-refractivity contribution in [3.8, 4) is 5.75 Å². The first-order chi connectivity index (χ1) is 12.3. The van der Waals surface area contributed by atoms with Crippen LogP contribution < -0.4 is 4.74 Å². The summed E-state index contributed by atoms with van der Waals surface area (Å²) in [6.45, 7) is 0. The minimum absolute atomic E-state index is 0.126. The number of amides is 1. The van der Waals surface area contributed by atoms with Gasteiger partial charge in [-0.05, 0) is 35.7 Å². The van der Waals surface area contributed by atoms with Crippen molar-refractivity contribution in [2.45, 2.75) is 12.5 Å². The van der Waals surface area contributed by atoms with E-state index < -0.39 is 0 Å². The lowest BCUT2D eigenvalue weighted by Crippen LogP contribution is -2.26. The fraction of sp³-hybridized carbons (Fsp3) is 0.158. The number of hydrogen-bond acceptors (Lipinski definition) is 5. The van der Waals surface area contributed by atoms with Gasteiger partial charge in [0, 0.05) is 16.9 Å². The number of thiophene rings is 1. The van der Waals surface area contributed by atoms with Crippen LogP contribution in [-0.4, -0.2) is 23.7 Å². The first kappa shape index (κ1) is 15.7. The lowest BCUT2D eigenvalue weighted by Gasteiger charge is -2.19. The van der Waals surface area contributed by atoms with E-state index in [4.69, 9.17) is 9.15 Å². The molecule has 5 nitrogen and oxygen atoms in total. The Bertz CT molecular complexity index is 901. The van der Waals surface area contributed by atoms with Crippen LogP contribution >= 0.6 is 11.3 Å². The van der Waals surface area contributed by atoms with Crippen molar-refractivity contribution >= 4 is 23.0 Å². The third kappa shape index (κ3) is 2.96. The molecule has 0 N–H and O–H groups in total. The predicted octanol–water partition coefficient (Wildman–Crippen LogP) is 4.34. The van der Waals surface area contributed by atoms with Crippen LogP contribution in [0, 0.1) is 0 Å². The Balaban J connectivity index is 1.71. The van der Waals surface area contributed by atoms with Gasteiger partial charge in [0.1, 0.15) is 5.75 Å². The minimum atomic E-state index is -0.235. The highest BCUT2D eigenvalue weighted by Gasteiger charge is 2.35. The Hall–Kier alpha value is -2.86. The van der Waals surface area contributed by atoms with Crippen molar-refractivity contribution < 1.29 is 13.9 Å². The van der Waals surface area contributed by atoms with Gasteiger partial charge >= 0.3 is 5.91 Å². The number of carbonyl (C=O) groups is 1. The zero-order valence-corrected chi connectivity index (χ0v) is 14.4. The zero-order chi connectivity index (χ0) is 17.2. The molecule has 0 fully saturated rings. The Labute approximate surface area is 149 Å². The van der Waals surface area contributed by atoms with Gasteiger partial charge in [-0.1, -0.05) is 18.2 Å². The summed E-state index contributed by atoms with van der Waals surface area (Å²) in [5.74, 6) is 0.821. The fourth-order valence-electron chi connectivity index (χ4n) is 2.89. The van der Waals surface area contributed by atoms with Gasteiger partial charge in [-0.25, -0.2) is 5.01 Å². The summed E-state index contributed by atoms with van der Waals surface area (Å²) < 4.78 is 10.6. The Kier molecular flexibility index (Phi) is 4.11. The quantitative estimate of drug-likeness (QED) is 0.702. The minimum Gasteiger partial charge on any atom is -0.497 e. The average Bonchev–Trinajstić information content (AvgIpc) is 3.42. The van der Waals surface area contributed by atoms with E-state index in [1.54, 1.807) is 30.6 Å². The highest BCUT2D eigenvalue weighted by molar-refractivity contribution is 7.10. The van der Waals surface area contributed by atoms with Crippen LogP contribution in [0.4, 0.5) is 0 Å². The number of hydrogen-bond donors (Lipinski definition) is 0. The Morgan fingerprint density at radius 2 is 2.20 bits per heavy atom. The third-order valence-corrected chi connectivity index (χ3v) is 5.10. The summed E-state index contributed by atoms with van der Waals surface area (Å²) in [6.07, 6.45) is 2.15. The molecule has 0 bridgehead atoms. The number of carbonyl (C=O) groups excluding carboxylic acids is 1. The molecule has 25 heavy (non-hydrogen) atoms. The van der Waals surface area contributed by atoms with E-state index in [0.29, 0.717) is 6.42 Å². The van der Waals surface area contributed by atoms with E-state index >= 15 is 0 Å². The number of methoxy groups -OCH3 is 1. The number of benzene rings is 1. The van der Waals surface area contributed by atoms with Gasteiger partial charge in [0.2, 0.25) is 0 Å². The van der Waals surface area contributed by atoms with Gasteiger partial charge in [0.25, 0.3) is 0 Å². The van der Waals surface area contributed by atoms with Crippen LogP contribution in [0.5, 0.6) is 5.75 Å². The number of hydrazone groups is 1. The number of furan rings is 1. The second-order valence-electron chi connectivity index (χ2n) is 5.64. The average molecular weight is 352 g/mol. The summed E-state index contributed by atoms with van der Waals surface area (Å²) in [5.41, 5.74) is 1.81. The zero-order valence-electron chi connectivity index (χ0n) is 13.6. The van der Waals surface area contributed by atoms with Crippen LogP contribution in [0.25, 0.3) is 0 Å². The molecule has 6 heteroatoms. The van der Waals surface area contributed by atoms with Gasteiger partial charge in [0.15, 0.2) is 5.76 Å². The summed E-state index contributed by atoms with van der Waals surface area (Å²) in [7, 11) is 1.64. The SMILES string of the molecule is COc1cccc(C2=NN(C(=O)c3ccco3)[C@H](c3cccs3)C2)c1. The van der Waals surface area contributed by atoms with Crippen LogP contribution in [-0.2, 0) is 0 Å². The maximum absolute atomic E-state index is 12.8. The largest absolute Gasteiger partial charge is 0.497 e. The van der Waals surface area contributed by atoms with Crippen molar-refractivity contribution in [1.82, 2.24) is 5.01 Å². The van der Waals surface area contributed by atoms with E-state index in [1.807, 2.05) is 41.8 Å². The van der Waals surface area contributed by atoms with Gasteiger partial charge < -0.3 is 9.15 Å². The van der Waals surface area contributed by atoms with E-state index in [1.165, 1.54) is 11.3 Å². The summed E-state index contributed by atoms with van der Waals surface area (Å²) in [5, 5.41) is 8.15. The highest BCUT2D eigenvalue weighted by Crippen LogP contribution is 2.36. The monoisotopic (exact) mass is 352 g/mol. The molecule has 126 valence electrons. The summed E-state index contributed by atoms with van der Waals surface area (Å²) in [4.78, 5) is 13.9. The van der Waals surface area contributed by atoms with E-state index in [9.17, 15) is 4.79 Å². The van der Waals surface area contributed by atoms with Gasteiger partial charge in [-0.2, -0.15) is 5.10 Å². The van der Waals surface area contributed by atoms with Crippen LogP contribution in [0.1, 0.15) is 33.5 Å². The molecule has 0 unspecified atom stereocenters. The molecule has 0 saturated heterocycles. The number of nitrogens with zero attached hydrogens (tertiary/aromatic N) is 2. The first-order valence-electron chi connectivity index (χ1n) is 7.88. The van der Waals surface area contributed by atoms with Gasteiger partial charge in [-0.3, -0.25) is 4.79 Å². The smallest absolute Gasteiger partial charge is 0.310 e. The van der Waals surface area contributed by atoms with E-state index in [2.05, 4.69) is 5.10 Å². The van der Waals surface area contributed by atoms with Crippen molar-refractivity contribution in [2.24, 2.45) is 5.10 Å². The van der Waals surface area contributed by atoms with Gasteiger partial charge in [-0.15, -0.1) is 11.3 Å². The van der Waals surface area contributed by atoms with Crippen molar-refractivity contribution in [1.29, 1.82) is 0 Å². The molecule has 4 rings (SSSR count). The molecule has 3 aromatic rings. The fourth-order valence-corrected chi connectivity index (χ4v) is 3.70. The molecular formula is C19H16N2O3S. The van der Waals surface area contributed by atoms with Crippen molar-refractivity contribution in [3.63, 3.8) is 0 Å². The lowest BCUT2D eigenvalue weighted by molar-refractivity contribution is 0.0681. The Morgan fingerprint density at radius 1 is 1.28 bits per heavy atom. The summed E-state index contributed by atoms with van der Waals surface area (Å²) >= 11 is 1.62. The molecule has 0 aliphatic carbocycles. The normalized spacial score (nSPS) is 16.8. The van der Waals surface area contributed by atoms with Crippen molar-refractivity contribution in [2.75, 3.05) is 7.11 Å². The first-order valence-corrected chi connectivity index (χ1v) is 8.76. The molecule has 3 heterocycles. The molecule has 1 aromatic carbocycles. The van der Waals surface area contributed by atoms with Gasteiger partial charge in [0.05, 0.1) is 25.1 Å². The second-order valence-corrected chi connectivity index (χ2v) is 6.62. The van der Waals surface area contributed by atoms with Crippen LogP contribution in [0.15, 0.2) is 69.7 Å². The van der Waals surface area contributed by atoms with E-state index in [0.717, 1.165) is 21.9 Å².